The van der Waals surface area contributed by atoms with Crippen molar-refractivity contribution in [3.05, 3.63) is 60.4 Å². The molecule has 156 valence electrons. The zero-order valence-electron chi connectivity index (χ0n) is 16.6. The third kappa shape index (κ3) is 5.68. The smallest absolute Gasteiger partial charge is 0.233 e. The molecule has 0 aliphatic heterocycles. The Morgan fingerprint density at radius 1 is 1.00 bits per heavy atom. The number of thioether (sulfide) groups is 1. The largest absolute Gasteiger partial charge is 0.340 e. The maximum atomic E-state index is 13.5. The number of rotatable bonds is 9. The normalized spacial score (nSPS) is 10.3. The van der Waals surface area contributed by atoms with Crippen LogP contribution in [-0.2, 0) is 4.79 Å². The van der Waals surface area contributed by atoms with E-state index in [2.05, 4.69) is 10.2 Å². The Balaban J connectivity index is 1.86. The molecule has 9 heteroatoms. The monoisotopic (exact) mass is 434 g/mol. The van der Waals surface area contributed by atoms with Crippen LogP contribution in [0.1, 0.15) is 12.8 Å². The average molecular weight is 435 g/mol. The molecule has 1 aromatic heterocycles. The Kier molecular flexibility index (Phi) is 7.74. The maximum Gasteiger partial charge on any atom is 0.233 e. The molecule has 0 saturated carbocycles. The van der Waals surface area contributed by atoms with Crippen molar-refractivity contribution in [1.29, 1.82) is 10.5 Å². The number of aromatic nitrogens is 3. The first kappa shape index (κ1) is 22.0. The summed E-state index contributed by atoms with van der Waals surface area (Å²) >= 11 is 1.20. The van der Waals surface area contributed by atoms with Crippen molar-refractivity contribution in [2.75, 3.05) is 18.8 Å². The SMILES string of the molecule is N#CCCN(CCC#N)C(=O)CSc1nnc(-c2ccccc2)n1-c1ccc(F)cc1. The second-order valence-corrected chi connectivity index (χ2v) is 7.41. The van der Waals surface area contributed by atoms with E-state index in [1.807, 2.05) is 42.5 Å². The standard InChI is InChI=1S/C22H19FN6OS/c23-18-8-10-19(11-9-18)29-21(17-6-2-1-3-7-17)26-27-22(29)31-16-20(30)28(14-4-12-24)15-5-13-25/h1-3,6-11H,4-5,14-16H2. The summed E-state index contributed by atoms with van der Waals surface area (Å²) < 4.78 is 15.2. The summed E-state index contributed by atoms with van der Waals surface area (Å²) in [6, 6.07) is 19.5. The molecule has 0 N–H and O–H groups in total. The first-order valence-corrected chi connectivity index (χ1v) is 10.5. The molecule has 0 saturated heterocycles. The Morgan fingerprint density at radius 3 is 2.26 bits per heavy atom. The van der Waals surface area contributed by atoms with Crippen molar-refractivity contribution < 1.29 is 9.18 Å². The molecule has 0 aliphatic carbocycles. The molecule has 0 atom stereocenters. The molecule has 0 bridgehead atoms. The van der Waals surface area contributed by atoms with E-state index in [9.17, 15) is 9.18 Å². The minimum Gasteiger partial charge on any atom is -0.340 e. The topological polar surface area (TPSA) is 98.6 Å². The van der Waals surface area contributed by atoms with Gasteiger partial charge in [0.2, 0.25) is 5.91 Å². The van der Waals surface area contributed by atoms with Gasteiger partial charge >= 0.3 is 0 Å². The average Bonchev–Trinajstić information content (AvgIpc) is 3.22. The van der Waals surface area contributed by atoms with Gasteiger partial charge in [0, 0.05) is 24.3 Å². The molecule has 1 heterocycles. The number of nitrogens with zero attached hydrogens (tertiary/aromatic N) is 6. The number of amides is 1. The summed E-state index contributed by atoms with van der Waals surface area (Å²) in [6.07, 6.45) is 0.400. The molecule has 7 nitrogen and oxygen atoms in total. The molecule has 2 aromatic carbocycles. The fraction of sp³-hybridized carbons (Fsp3) is 0.227. The Labute approximate surface area is 183 Å². The van der Waals surface area contributed by atoms with E-state index in [0.717, 1.165) is 5.56 Å². The van der Waals surface area contributed by atoms with Gasteiger partial charge < -0.3 is 4.90 Å². The summed E-state index contributed by atoms with van der Waals surface area (Å²) in [5, 5.41) is 26.7. The van der Waals surface area contributed by atoms with E-state index in [1.165, 1.54) is 28.8 Å². The quantitative estimate of drug-likeness (QED) is 0.475. The fourth-order valence-corrected chi connectivity index (χ4v) is 3.76. The van der Waals surface area contributed by atoms with Crippen molar-refractivity contribution in [1.82, 2.24) is 19.7 Å². The van der Waals surface area contributed by atoms with Gasteiger partial charge in [0.25, 0.3) is 0 Å². The van der Waals surface area contributed by atoms with Crippen molar-refractivity contribution in [3.63, 3.8) is 0 Å². The van der Waals surface area contributed by atoms with Gasteiger partial charge in [0.05, 0.1) is 30.7 Å². The summed E-state index contributed by atoms with van der Waals surface area (Å²) in [5.74, 6) is 0.108. The predicted octanol–water partition coefficient (Wildman–Crippen LogP) is 3.82. The molecule has 0 unspecified atom stereocenters. The van der Waals surface area contributed by atoms with Crippen molar-refractivity contribution in [3.8, 4) is 29.2 Å². The number of carbonyl (C=O) groups is 1. The van der Waals surface area contributed by atoms with Crippen LogP contribution in [0.3, 0.4) is 0 Å². The Hall–Kier alpha value is -3.69. The number of carbonyl (C=O) groups excluding carboxylic acids is 1. The molecule has 1 amide bonds. The lowest BCUT2D eigenvalue weighted by molar-refractivity contribution is -0.128. The third-order valence-electron chi connectivity index (χ3n) is 4.41. The molecule has 31 heavy (non-hydrogen) atoms. The van der Waals surface area contributed by atoms with Crippen LogP contribution in [0.5, 0.6) is 0 Å². The summed E-state index contributed by atoms with van der Waals surface area (Å²) in [6.45, 7) is 0.551. The summed E-state index contributed by atoms with van der Waals surface area (Å²) in [7, 11) is 0. The van der Waals surface area contributed by atoms with E-state index in [0.29, 0.717) is 16.7 Å². The lowest BCUT2D eigenvalue weighted by atomic mass is 10.2. The lowest BCUT2D eigenvalue weighted by Crippen LogP contribution is -2.34. The predicted molar refractivity (Wildman–Crippen MR) is 115 cm³/mol. The number of halogens is 1. The fourth-order valence-electron chi connectivity index (χ4n) is 2.91. The molecule has 3 aromatic rings. The highest BCUT2D eigenvalue weighted by atomic mass is 32.2. The minimum absolute atomic E-state index is 0.0744. The number of benzene rings is 2. The molecular formula is C22H19FN6OS. The summed E-state index contributed by atoms with van der Waals surface area (Å²) in [4.78, 5) is 14.2. The zero-order valence-corrected chi connectivity index (χ0v) is 17.4. The summed E-state index contributed by atoms with van der Waals surface area (Å²) in [5.41, 5.74) is 1.51. The Bertz CT molecular complexity index is 1080. The highest BCUT2D eigenvalue weighted by Gasteiger charge is 2.19. The number of hydrogen-bond donors (Lipinski definition) is 0. The van der Waals surface area contributed by atoms with E-state index in [1.54, 1.807) is 16.7 Å². The van der Waals surface area contributed by atoms with Crippen molar-refractivity contribution >= 4 is 17.7 Å². The van der Waals surface area contributed by atoms with Crippen LogP contribution >= 0.6 is 11.8 Å². The van der Waals surface area contributed by atoms with Gasteiger partial charge in [-0.25, -0.2) is 4.39 Å². The van der Waals surface area contributed by atoms with Gasteiger partial charge in [-0.3, -0.25) is 9.36 Å². The van der Waals surface area contributed by atoms with E-state index in [4.69, 9.17) is 10.5 Å². The molecule has 0 fully saturated rings. The molecule has 0 spiro atoms. The van der Waals surface area contributed by atoms with E-state index in [-0.39, 0.29) is 43.4 Å². The molecule has 0 aliphatic rings. The van der Waals surface area contributed by atoms with Crippen molar-refractivity contribution in [2.45, 2.75) is 18.0 Å². The lowest BCUT2D eigenvalue weighted by Gasteiger charge is -2.20. The van der Waals surface area contributed by atoms with Gasteiger partial charge in [-0.15, -0.1) is 10.2 Å². The van der Waals surface area contributed by atoms with Crippen LogP contribution in [0.25, 0.3) is 17.1 Å². The van der Waals surface area contributed by atoms with Crippen LogP contribution in [0.4, 0.5) is 4.39 Å². The maximum absolute atomic E-state index is 13.5. The first-order chi connectivity index (χ1) is 15.1. The van der Waals surface area contributed by atoms with Crippen LogP contribution in [-0.4, -0.2) is 44.4 Å². The molecule has 0 radical (unpaired) electrons. The molecule has 3 rings (SSSR count). The van der Waals surface area contributed by atoms with Crippen LogP contribution < -0.4 is 0 Å². The van der Waals surface area contributed by atoms with E-state index >= 15 is 0 Å². The van der Waals surface area contributed by atoms with Crippen molar-refractivity contribution in [2.24, 2.45) is 0 Å². The number of nitriles is 2. The van der Waals surface area contributed by atoms with Crippen LogP contribution in [0.2, 0.25) is 0 Å². The minimum atomic E-state index is -0.354. The second-order valence-electron chi connectivity index (χ2n) is 6.47. The first-order valence-electron chi connectivity index (χ1n) is 9.55. The van der Waals surface area contributed by atoms with Gasteiger partial charge in [-0.1, -0.05) is 42.1 Å². The Morgan fingerprint density at radius 2 is 1.65 bits per heavy atom. The van der Waals surface area contributed by atoms with Crippen LogP contribution in [0.15, 0.2) is 59.8 Å². The van der Waals surface area contributed by atoms with Crippen LogP contribution in [0, 0.1) is 28.5 Å². The highest BCUT2D eigenvalue weighted by Crippen LogP contribution is 2.28. The van der Waals surface area contributed by atoms with Gasteiger partial charge in [0.15, 0.2) is 11.0 Å². The van der Waals surface area contributed by atoms with Gasteiger partial charge in [-0.2, -0.15) is 10.5 Å². The van der Waals surface area contributed by atoms with E-state index < -0.39 is 0 Å². The second kappa shape index (κ2) is 10.9. The molecular weight excluding hydrogens is 415 g/mol. The number of hydrogen-bond acceptors (Lipinski definition) is 6. The highest BCUT2D eigenvalue weighted by molar-refractivity contribution is 7.99. The third-order valence-corrected chi connectivity index (χ3v) is 5.33. The van der Waals surface area contributed by atoms with Gasteiger partial charge in [-0.05, 0) is 24.3 Å². The van der Waals surface area contributed by atoms with Gasteiger partial charge in [0.1, 0.15) is 5.82 Å². The zero-order chi connectivity index (χ0) is 22.1.